The van der Waals surface area contributed by atoms with E-state index < -0.39 is 22.9 Å². The molecule has 2 N–H and O–H groups in total. The van der Waals surface area contributed by atoms with E-state index in [0.717, 1.165) is 11.8 Å². The van der Waals surface area contributed by atoms with Crippen LogP contribution in [0.3, 0.4) is 0 Å². The lowest BCUT2D eigenvalue weighted by Gasteiger charge is -2.14. The first kappa shape index (κ1) is 14.3. The predicted molar refractivity (Wildman–Crippen MR) is 73.7 cm³/mol. The molecule has 0 spiro atoms. The van der Waals surface area contributed by atoms with Crippen molar-refractivity contribution < 1.29 is 14.6 Å². The summed E-state index contributed by atoms with van der Waals surface area (Å²) >= 11 is 12.8. The second-order valence-corrected chi connectivity index (χ2v) is 6.35. The quantitative estimate of drug-likeness (QED) is 0.636. The van der Waals surface area contributed by atoms with Gasteiger partial charge in [-0.15, -0.1) is 11.8 Å². The number of fused-ring (bicyclic) bond motifs is 1. The summed E-state index contributed by atoms with van der Waals surface area (Å²) in [5, 5.41) is 17.5. The maximum Gasteiger partial charge on any atom is 0.225 e. The van der Waals surface area contributed by atoms with E-state index in [4.69, 9.17) is 28.3 Å². The first-order valence-electron chi connectivity index (χ1n) is 5.67. The summed E-state index contributed by atoms with van der Waals surface area (Å²) in [6.45, 7) is -0.314. The third-order valence-electron chi connectivity index (χ3n) is 3.10. The summed E-state index contributed by atoms with van der Waals surface area (Å²) in [5.41, 5.74) is 0.603. The molecule has 20 heavy (non-hydrogen) atoms. The molecule has 3 heterocycles. The highest BCUT2D eigenvalue weighted by Crippen LogP contribution is 2.44. The van der Waals surface area contributed by atoms with Crippen LogP contribution in [-0.2, 0) is 0 Å². The Balaban J connectivity index is 2.07. The summed E-state index contributed by atoms with van der Waals surface area (Å²) in [6.07, 6.45) is -1.43. The fourth-order valence-corrected chi connectivity index (χ4v) is 3.89. The third kappa shape index (κ3) is 2.15. The molecule has 0 bridgehead atoms. The second-order valence-electron chi connectivity index (χ2n) is 4.29. The summed E-state index contributed by atoms with van der Waals surface area (Å²) in [7, 11) is 0. The Kier molecular flexibility index (Phi) is 3.76. The number of imidazole rings is 1. The molecular weight excluding hydrogens is 330 g/mol. The molecule has 6 nitrogen and oxygen atoms in total. The lowest BCUT2D eigenvalue weighted by Crippen LogP contribution is -2.29. The SMILES string of the molecule is OC[C@@H]1S[C@H](n2cnc3c(Cl)nc(Cl)nc32)[C@H](F)[C@@H]1O. The zero-order valence-electron chi connectivity index (χ0n) is 9.82. The van der Waals surface area contributed by atoms with Crippen molar-refractivity contribution in [1.82, 2.24) is 19.5 Å². The lowest BCUT2D eigenvalue weighted by atomic mass is 10.1. The van der Waals surface area contributed by atoms with Crippen molar-refractivity contribution in [2.45, 2.75) is 22.9 Å². The summed E-state index contributed by atoms with van der Waals surface area (Å²) in [5.74, 6) is 0. The smallest absolute Gasteiger partial charge is 0.225 e. The van der Waals surface area contributed by atoms with Gasteiger partial charge in [-0.2, -0.15) is 4.98 Å². The molecule has 2 aromatic heterocycles. The van der Waals surface area contributed by atoms with E-state index >= 15 is 0 Å². The molecule has 0 aromatic carbocycles. The molecule has 1 fully saturated rings. The predicted octanol–water partition coefficient (Wildman–Crippen LogP) is 1.44. The molecule has 10 heteroatoms. The molecule has 0 saturated carbocycles. The number of halogens is 3. The lowest BCUT2D eigenvalue weighted by molar-refractivity contribution is 0.0642. The number of aliphatic hydroxyl groups excluding tert-OH is 2. The van der Waals surface area contributed by atoms with E-state index in [2.05, 4.69) is 15.0 Å². The zero-order valence-corrected chi connectivity index (χ0v) is 12.1. The van der Waals surface area contributed by atoms with Crippen molar-refractivity contribution >= 4 is 46.1 Å². The molecular formula is C10H9Cl2FN4O2S. The molecule has 3 rings (SSSR count). The van der Waals surface area contributed by atoms with Gasteiger partial charge in [0, 0.05) is 0 Å². The van der Waals surface area contributed by atoms with Crippen LogP contribution in [0.1, 0.15) is 5.37 Å². The largest absolute Gasteiger partial charge is 0.395 e. The third-order valence-corrected chi connectivity index (χ3v) is 5.08. The monoisotopic (exact) mass is 338 g/mol. The normalized spacial score (nSPS) is 30.2. The number of alkyl halides is 1. The topological polar surface area (TPSA) is 84.1 Å². The number of rotatable bonds is 2. The van der Waals surface area contributed by atoms with E-state index in [-0.39, 0.29) is 17.0 Å². The van der Waals surface area contributed by atoms with Crippen LogP contribution in [0.2, 0.25) is 10.4 Å². The molecule has 108 valence electrons. The minimum Gasteiger partial charge on any atom is -0.395 e. The van der Waals surface area contributed by atoms with Crippen LogP contribution in [0.15, 0.2) is 6.33 Å². The summed E-state index contributed by atoms with van der Waals surface area (Å²) in [4.78, 5) is 11.8. The van der Waals surface area contributed by atoms with Crippen LogP contribution in [0.25, 0.3) is 11.2 Å². The van der Waals surface area contributed by atoms with E-state index in [9.17, 15) is 9.50 Å². The van der Waals surface area contributed by atoms with Gasteiger partial charge in [-0.1, -0.05) is 11.6 Å². The van der Waals surface area contributed by atoms with Crippen LogP contribution >= 0.6 is 35.0 Å². The van der Waals surface area contributed by atoms with E-state index in [0.29, 0.717) is 11.2 Å². The number of aromatic nitrogens is 4. The summed E-state index contributed by atoms with van der Waals surface area (Å²) < 4.78 is 15.6. The van der Waals surface area contributed by atoms with Crippen molar-refractivity contribution in [3.63, 3.8) is 0 Å². The molecule has 1 aliphatic heterocycles. The maximum atomic E-state index is 14.2. The van der Waals surface area contributed by atoms with Gasteiger partial charge in [0.25, 0.3) is 0 Å². The van der Waals surface area contributed by atoms with Crippen LogP contribution in [0.4, 0.5) is 4.39 Å². The second kappa shape index (κ2) is 5.27. The average molecular weight is 339 g/mol. The van der Waals surface area contributed by atoms with Gasteiger partial charge in [-0.05, 0) is 11.6 Å². The molecule has 4 atom stereocenters. The van der Waals surface area contributed by atoms with Crippen molar-refractivity contribution in [3.05, 3.63) is 16.8 Å². The Morgan fingerprint density at radius 1 is 1.40 bits per heavy atom. The number of nitrogens with zero attached hydrogens (tertiary/aromatic N) is 4. The Hall–Kier alpha value is -0.670. The van der Waals surface area contributed by atoms with Gasteiger partial charge < -0.3 is 10.2 Å². The van der Waals surface area contributed by atoms with Crippen molar-refractivity contribution in [3.8, 4) is 0 Å². The zero-order chi connectivity index (χ0) is 14.4. The number of hydrogen-bond acceptors (Lipinski definition) is 6. The average Bonchev–Trinajstić information content (AvgIpc) is 2.93. The Morgan fingerprint density at radius 2 is 2.15 bits per heavy atom. The van der Waals surface area contributed by atoms with Crippen molar-refractivity contribution in [1.29, 1.82) is 0 Å². The van der Waals surface area contributed by atoms with Gasteiger partial charge in [0.15, 0.2) is 17.0 Å². The van der Waals surface area contributed by atoms with Crippen molar-refractivity contribution in [2.75, 3.05) is 6.61 Å². The van der Waals surface area contributed by atoms with Crippen molar-refractivity contribution in [2.24, 2.45) is 0 Å². The molecule has 2 aromatic rings. The highest BCUT2D eigenvalue weighted by atomic mass is 35.5. The van der Waals surface area contributed by atoms with Crippen LogP contribution in [0.5, 0.6) is 0 Å². The standard InChI is InChI=1S/C10H9Cl2FN4O2S/c11-7-5-8(16-10(12)15-7)17(2-14-5)9-4(13)6(19)3(1-18)20-9/h2-4,6,9,18-19H,1H2/t3-,4+,6+,9-/m0/s1. The first-order chi connectivity index (χ1) is 9.52. The van der Waals surface area contributed by atoms with Gasteiger partial charge in [-0.3, -0.25) is 4.57 Å². The van der Waals surface area contributed by atoms with Crippen LogP contribution in [-0.4, -0.2) is 53.9 Å². The maximum absolute atomic E-state index is 14.2. The fourth-order valence-electron chi connectivity index (χ4n) is 2.12. The molecule has 1 saturated heterocycles. The Morgan fingerprint density at radius 3 is 2.80 bits per heavy atom. The van der Waals surface area contributed by atoms with Gasteiger partial charge >= 0.3 is 0 Å². The van der Waals surface area contributed by atoms with Crippen LogP contribution < -0.4 is 0 Å². The molecule has 0 amide bonds. The van der Waals surface area contributed by atoms with Gasteiger partial charge in [-0.25, -0.2) is 14.4 Å². The van der Waals surface area contributed by atoms with Gasteiger partial charge in [0.2, 0.25) is 5.28 Å². The fraction of sp³-hybridized carbons (Fsp3) is 0.500. The minimum atomic E-state index is -1.55. The Labute approximate surface area is 126 Å². The minimum absolute atomic E-state index is 0.0677. The summed E-state index contributed by atoms with van der Waals surface area (Å²) in [6, 6.07) is 0. The Bertz CT molecular complexity index is 657. The number of hydrogen-bond donors (Lipinski definition) is 2. The van der Waals surface area contributed by atoms with E-state index in [1.165, 1.54) is 10.9 Å². The molecule has 1 aliphatic rings. The first-order valence-corrected chi connectivity index (χ1v) is 7.37. The molecule has 0 unspecified atom stereocenters. The number of thioether (sulfide) groups is 1. The number of aliphatic hydroxyl groups is 2. The van der Waals surface area contributed by atoms with Gasteiger partial charge in [0.05, 0.1) is 18.2 Å². The highest BCUT2D eigenvalue weighted by molar-refractivity contribution is 8.00. The highest BCUT2D eigenvalue weighted by Gasteiger charge is 2.45. The van der Waals surface area contributed by atoms with Crippen LogP contribution in [0, 0.1) is 0 Å². The van der Waals surface area contributed by atoms with Gasteiger partial charge in [0.1, 0.15) is 17.0 Å². The molecule has 0 aliphatic carbocycles. The van der Waals surface area contributed by atoms with E-state index in [1.54, 1.807) is 0 Å². The molecule has 0 radical (unpaired) electrons. The van der Waals surface area contributed by atoms with E-state index in [1.807, 2.05) is 0 Å².